The number of nitrogens with zero attached hydrogens (tertiary/aromatic N) is 4. The molecule has 0 unspecified atom stereocenters. The molecule has 0 radical (unpaired) electrons. The average molecular weight is 574 g/mol. The number of carbonyl (C=O) groups excluding carboxylic acids is 2. The summed E-state index contributed by atoms with van der Waals surface area (Å²) >= 11 is 0. The van der Waals surface area contributed by atoms with Crippen LogP contribution in [0.25, 0.3) is 10.9 Å². The normalized spacial score (nSPS) is 11.5. The first-order valence-corrected chi connectivity index (χ1v) is 13.7. The van der Waals surface area contributed by atoms with E-state index in [9.17, 15) is 9.59 Å². The van der Waals surface area contributed by atoms with Gasteiger partial charge in [0.2, 0.25) is 11.8 Å². The van der Waals surface area contributed by atoms with E-state index in [4.69, 9.17) is 9.47 Å². The monoisotopic (exact) mass is 573 g/mol. The molecule has 0 fully saturated rings. The second kappa shape index (κ2) is 12.5. The maximum absolute atomic E-state index is 13.8. The summed E-state index contributed by atoms with van der Waals surface area (Å²) in [5.74, 6) is 1.01. The minimum atomic E-state index is -0.359. The number of fused-ring (bicyclic) bond motifs is 1. The van der Waals surface area contributed by atoms with Gasteiger partial charge in [0, 0.05) is 44.8 Å². The van der Waals surface area contributed by atoms with E-state index >= 15 is 0 Å². The number of anilines is 2. The third kappa shape index (κ3) is 6.63. The Bertz CT molecular complexity index is 1610. The number of para-hydroxylation sites is 1. The van der Waals surface area contributed by atoms with Gasteiger partial charge in [-0.3, -0.25) is 9.59 Å². The van der Waals surface area contributed by atoms with Gasteiger partial charge >= 0.3 is 0 Å². The molecule has 2 aromatic carbocycles. The molecule has 0 saturated carbocycles. The smallest absolute Gasteiger partial charge is 0.272 e. The van der Waals surface area contributed by atoms with Crippen molar-refractivity contribution in [2.24, 2.45) is 7.05 Å². The molecule has 0 aliphatic heterocycles. The van der Waals surface area contributed by atoms with Crippen molar-refractivity contribution < 1.29 is 19.1 Å². The predicted octanol–water partition coefficient (Wildman–Crippen LogP) is 4.65. The fourth-order valence-electron chi connectivity index (χ4n) is 4.53. The SMILES string of the molecule is CNc1nccc(Oc2cccc3cc(C(=O)Nc4cc(C(C)(C)C)cc(C(=O)NCCN(C)C)c4OC)n(C)c23)n1. The van der Waals surface area contributed by atoms with Gasteiger partial charge in [0.25, 0.3) is 11.8 Å². The Morgan fingerprint density at radius 1 is 1.07 bits per heavy atom. The molecule has 11 heteroatoms. The van der Waals surface area contributed by atoms with Gasteiger partial charge in [-0.1, -0.05) is 32.9 Å². The first-order valence-electron chi connectivity index (χ1n) is 13.7. The third-order valence-electron chi connectivity index (χ3n) is 6.82. The molecule has 3 N–H and O–H groups in total. The maximum Gasteiger partial charge on any atom is 0.272 e. The highest BCUT2D eigenvalue weighted by Gasteiger charge is 2.25. The summed E-state index contributed by atoms with van der Waals surface area (Å²) in [5.41, 5.74) is 2.50. The quantitative estimate of drug-likeness (QED) is 0.251. The summed E-state index contributed by atoms with van der Waals surface area (Å²) in [6.45, 7) is 7.32. The zero-order chi connectivity index (χ0) is 30.6. The number of hydrogen-bond donors (Lipinski definition) is 3. The summed E-state index contributed by atoms with van der Waals surface area (Å²) in [4.78, 5) is 37.4. The molecule has 0 aliphatic carbocycles. The van der Waals surface area contributed by atoms with E-state index in [1.54, 1.807) is 37.0 Å². The number of rotatable bonds is 10. The largest absolute Gasteiger partial charge is 0.494 e. The summed E-state index contributed by atoms with van der Waals surface area (Å²) < 4.78 is 13.6. The van der Waals surface area contributed by atoms with Gasteiger partial charge in [0.15, 0.2) is 11.5 Å². The van der Waals surface area contributed by atoms with Crippen molar-refractivity contribution in [2.45, 2.75) is 26.2 Å². The summed E-state index contributed by atoms with van der Waals surface area (Å²) in [5, 5.41) is 9.67. The Morgan fingerprint density at radius 2 is 1.83 bits per heavy atom. The highest BCUT2D eigenvalue weighted by molar-refractivity contribution is 6.09. The Labute approximate surface area is 246 Å². The molecule has 0 atom stereocenters. The number of aryl methyl sites for hydroxylation is 1. The van der Waals surface area contributed by atoms with E-state index in [0.29, 0.717) is 53.4 Å². The van der Waals surface area contributed by atoms with Crippen molar-refractivity contribution >= 4 is 34.4 Å². The van der Waals surface area contributed by atoms with Crippen LogP contribution in [-0.4, -0.2) is 72.6 Å². The highest BCUT2D eigenvalue weighted by Crippen LogP contribution is 2.36. The van der Waals surface area contributed by atoms with Gasteiger partial charge in [0.1, 0.15) is 5.69 Å². The lowest BCUT2D eigenvalue weighted by Gasteiger charge is -2.23. The molecule has 2 amide bonds. The molecule has 42 heavy (non-hydrogen) atoms. The lowest BCUT2D eigenvalue weighted by molar-refractivity contribution is 0.0946. The second-order valence-corrected chi connectivity index (χ2v) is 11.2. The van der Waals surface area contributed by atoms with Gasteiger partial charge < -0.3 is 34.9 Å². The van der Waals surface area contributed by atoms with Crippen molar-refractivity contribution in [1.82, 2.24) is 24.8 Å². The van der Waals surface area contributed by atoms with Crippen molar-refractivity contribution in [3.05, 3.63) is 65.5 Å². The Balaban J connectivity index is 1.70. The van der Waals surface area contributed by atoms with Crippen molar-refractivity contribution in [3.8, 4) is 17.4 Å². The van der Waals surface area contributed by atoms with E-state index in [0.717, 1.165) is 16.5 Å². The Kier molecular flexibility index (Phi) is 9.01. The molecule has 4 rings (SSSR count). The molecule has 0 bridgehead atoms. The predicted molar refractivity (Wildman–Crippen MR) is 165 cm³/mol. The number of ether oxygens (including phenoxy) is 2. The Hall–Kier alpha value is -4.64. The number of carbonyl (C=O) groups is 2. The third-order valence-corrected chi connectivity index (χ3v) is 6.82. The van der Waals surface area contributed by atoms with Gasteiger partial charge in [-0.25, -0.2) is 4.98 Å². The lowest BCUT2D eigenvalue weighted by atomic mass is 9.85. The molecule has 2 heterocycles. The van der Waals surface area contributed by atoms with Gasteiger partial charge in [-0.15, -0.1) is 0 Å². The van der Waals surface area contributed by atoms with Crippen LogP contribution in [-0.2, 0) is 12.5 Å². The van der Waals surface area contributed by atoms with E-state index in [2.05, 4.69) is 46.7 Å². The van der Waals surface area contributed by atoms with E-state index in [1.165, 1.54) is 7.11 Å². The number of nitrogens with one attached hydrogen (secondary N) is 3. The van der Waals surface area contributed by atoms with Crippen LogP contribution in [0.4, 0.5) is 11.6 Å². The maximum atomic E-state index is 13.8. The van der Waals surface area contributed by atoms with Crippen LogP contribution in [0.1, 0.15) is 47.2 Å². The van der Waals surface area contributed by atoms with E-state index < -0.39 is 0 Å². The zero-order valence-corrected chi connectivity index (χ0v) is 25.5. The highest BCUT2D eigenvalue weighted by atomic mass is 16.5. The van der Waals surface area contributed by atoms with Crippen LogP contribution < -0.4 is 25.4 Å². The summed E-state index contributed by atoms with van der Waals surface area (Å²) in [6, 6.07) is 12.7. The first-order chi connectivity index (χ1) is 19.9. The molecule has 0 spiro atoms. The molecular formula is C31H39N7O4. The topological polar surface area (TPSA) is 123 Å². The number of benzene rings is 2. The van der Waals surface area contributed by atoms with Crippen molar-refractivity contribution in [3.63, 3.8) is 0 Å². The molecule has 222 valence electrons. The standard InChI is InChI=1S/C31H39N7O4/c1-31(2,3)20-17-21(28(39)33-14-15-37(5)6)27(41-8)22(18-20)35-29(40)23-16-19-10-9-11-24(26(19)38(23)7)42-25-12-13-34-30(32-4)36-25/h9-13,16-18H,14-15H2,1-8H3,(H,33,39)(H,35,40)(H,32,34,36). The number of aromatic nitrogens is 3. The molecule has 0 saturated heterocycles. The number of hydrogen-bond acceptors (Lipinski definition) is 8. The van der Waals surface area contributed by atoms with Crippen LogP contribution in [0.2, 0.25) is 0 Å². The average Bonchev–Trinajstić information content (AvgIpc) is 3.29. The van der Waals surface area contributed by atoms with Crippen LogP contribution in [0, 0.1) is 0 Å². The van der Waals surface area contributed by atoms with E-state index in [-0.39, 0.29) is 17.2 Å². The molecule has 4 aromatic rings. The number of likely N-dealkylation sites (N-methyl/N-ethyl adjacent to an activating group) is 1. The van der Waals surface area contributed by atoms with Crippen LogP contribution in [0.3, 0.4) is 0 Å². The van der Waals surface area contributed by atoms with Crippen LogP contribution in [0.15, 0.2) is 48.7 Å². The van der Waals surface area contributed by atoms with E-state index in [1.807, 2.05) is 49.3 Å². The fourth-order valence-corrected chi connectivity index (χ4v) is 4.53. The van der Waals surface area contributed by atoms with Gasteiger partial charge in [0.05, 0.1) is 23.9 Å². The summed E-state index contributed by atoms with van der Waals surface area (Å²) in [7, 11) is 8.91. The number of amides is 2. The number of methoxy groups -OCH3 is 1. The minimum Gasteiger partial charge on any atom is -0.494 e. The lowest BCUT2D eigenvalue weighted by Crippen LogP contribution is -2.32. The fraction of sp³-hybridized carbons (Fsp3) is 0.355. The zero-order valence-electron chi connectivity index (χ0n) is 25.5. The molecule has 11 nitrogen and oxygen atoms in total. The minimum absolute atomic E-state index is 0.271. The molecular weight excluding hydrogens is 534 g/mol. The van der Waals surface area contributed by atoms with Gasteiger partial charge in [-0.2, -0.15) is 4.98 Å². The van der Waals surface area contributed by atoms with Crippen LogP contribution >= 0.6 is 0 Å². The van der Waals surface area contributed by atoms with Crippen LogP contribution in [0.5, 0.6) is 17.4 Å². The molecule has 0 aliphatic rings. The first kappa shape index (κ1) is 30.3. The van der Waals surface area contributed by atoms with Crippen molar-refractivity contribution in [1.29, 1.82) is 0 Å². The second-order valence-electron chi connectivity index (χ2n) is 11.2. The van der Waals surface area contributed by atoms with Crippen molar-refractivity contribution in [2.75, 3.05) is 52.0 Å². The Morgan fingerprint density at radius 3 is 2.50 bits per heavy atom. The molecule has 2 aromatic heterocycles. The summed E-state index contributed by atoms with van der Waals surface area (Å²) in [6.07, 6.45) is 1.61. The van der Waals surface area contributed by atoms with Gasteiger partial charge in [-0.05, 0) is 49.3 Å².